The first-order chi connectivity index (χ1) is 7.81. The molecule has 0 radical (unpaired) electrons. The largest absolute Gasteiger partial charge is 0.381 e. The second-order valence-electron chi connectivity index (χ2n) is 4.04. The number of aromatic nitrogens is 2. The molecule has 0 amide bonds. The van der Waals surface area contributed by atoms with Crippen LogP contribution < -0.4 is 10.6 Å². The third kappa shape index (κ3) is 2.48. The maximum atomic E-state index is 5.49. The summed E-state index contributed by atoms with van der Waals surface area (Å²) in [5.74, 6) is 0.907. The van der Waals surface area contributed by atoms with Gasteiger partial charge < -0.3 is 15.4 Å². The van der Waals surface area contributed by atoms with E-state index in [0.29, 0.717) is 12.6 Å². The normalized spacial score (nSPS) is 17.4. The van der Waals surface area contributed by atoms with Gasteiger partial charge in [0.25, 0.3) is 0 Å². The van der Waals surface area contributed by atoms with Gasteiger partial charge in [-0.25, -0.2) is 0 Å². The van der Waals surface area contributed by atoms with Crippen molar-refractivity contribution >= 4 is 5.82 Å². The van der Waals surface area contributed by atoms with E-state index >= 15 is 0 Å². The zero-order valence-corrected chi connectivity index (χ0v) is 9.59. The molecule has 5 heteroatoms. The summed E-state index contributed by atoms with van der Waals surface area (Å²) in [6.45, 7) is 2.11. The zero-order chi connectivity index (χ0) is 11.4. The van der Waals surface area contributed by atoms with E-state index in [9.17, 15) is 0 Å². The second kappa shape index (κ2) is 5.23. The first-order valence-electron chi connectivity index (χ1n) is 5.64. The summed E-state index contributed by atoms with van der Waals surface area (Å²) in [7, 11) is 2.06. The Bertz CT molecular complexity index is 321. The average molecular weight is 222 g/mol. The summed E-state index contributed by atoms with van der Waals surface area (Å²) < 4.78 is 5.34. The van der Waals surface area contributed by atoms with Crippen molar-refractivity contribution in [2.75, 3.05) is 25.2 Å². The number of nitrogens with zero attached hydrogens (tertiary/aromatic N) is 3. The van der Waals surface area contributed by atoms with Crippen molar-refractivity contribution in [3.8, 4) is 0 Å². The van der Waals surface area contributed by atoms with Crippen molar-refractivity contribution in [2.45, 2.75) is 25.4 Å². The molecular formula is C11H18N4O. The Balaban J connectivity index is 2.04. The lowest BCUT2D eigenvalue weighted by Gasteiger charge is -2.31. The summed E-state index contributed by atoms with van der Waals surface area (Å²) in [5.41, 5.74) is 6.31. The van der Waals surface area contributed by atoms with E-state index in [-0.39, 0.29) is 0 Å². The summed E-state index contributed by atoms with van der Waals surface area (Å²) >= 11 is 0. The molecule has 5 nitrogen and oxygen atoms in total. The van der Waals surface area contributed by atoms with Gasteiger partial charge in [0.1, 0.15) is 0 Å². The van der Waals surface area contributed by atoms with Gasteiger partial charge in [-0.05, 0) is 25.0 Å². The molecule has 2 rings (SSSR count). The standard InChI is InChI=1S/C11H18N4O/c1-15(10-4-6-16-7-5-10)11-3-2-9(8-12)13-14-11/h2-3,10H,4-8,12H2,1H3. The molecule has 0 atom stereocenters. The molecule has 0 spiro atoms. The molecule has 1 aromatic heterocycles. The van der Waals surface area contributed by atoms with Crippen LogP contribution in [0.2, 0.25) is 0 Å². The van der Waals surface area contributed by atoms with Crippen LogP contribution in [0.1, 0.15) is 18.5 Å². The van der Waals surface area contributed by atoms with Crippen molar-refractivity contribution in [3.63, 3.8) is 0 Å². The number of rotatable bonds is 3. The molecule has 1 saturated heterocycles. The molecule has 1 aromatic rings. The van der Waals surface area contributed by atoms with Crippen molar-refractivity contribution in [1.82, 2.24) is 10.2 Å². The van der Waals surface area contributed by atoms with Gasteiger partial charge in [-0.2, -0.15) is 5.10 Å². The van der Waals surface area contributed by atoms with E-state index in [1.165, 1.54) is 0 Å². The Labute approximate surface area is 95.6 Å². The van der Waals surface area contributed by atoms with Crippen molar-refractivity contribution in [1.29, 1.82) is 0 Å². The molecule has 2 N–H and O–H groups in total. The Morgan fingerprint density at radius 3 is 2.69 bits per heavy atom. The van der Waals surface area contributed by atoms with Gasteiger partial charge in [-0.15, -0.1) is 5.10 Å². The van der Waals surface area contributed by atoms with Crippen LogP contribution in [0.25, 0.3) is 0 Å². The van der Waals surface area contributed by atoms with E-state index in [0.717, 1.165) is 37.6 Å². The predicted molar refractivity (Wildman–Crippen MR) is 62.2 cm³/mol. The molecule has 0 unspecified atom stereocenters. The van der Waals surface area contributed by atoms with Gasteiger partial charge in [0.2, 0.25) is 0 Å². The van der Waals surface area contributed by atoms with Gasteiger partial charge in [-0.1, -0.05) is 0 Å². The van der Waals surface area contributed by atoms with Crippen LogP contribution in [0.4, 0.5) is 5.82 Å². The van der Waals surface area contributed by atoms with Gasteiger partial charge in [0.15, 0.2) is 5.82 Å². The lowest BCUT2D eigenvalue weighted by Crippen LogP contribution is -2.37. The molecule has 1 fully saturated rings. The fourth-order valence-electron chi connectivity index (χ4n) is 1.91. The van der Waals surface area contributed by atoms with Crippen molar-refractivity contribution < 1.29 is 4.74 Å². The van der Waals surface area contributed by atoms with E-state index in [4.69, 9.17) is 10.5 Å². The Morgan fingerprint density at radius 1 is 1.38 bits per heavy atom. The molecule has 1 aliphatic heterocycles. The van der Waals surface area contributed by atoms with Gasteiger partial charge in [0, 0.05) is 32.8 Å². The molecular weight excluding hydrogens is 204 g/mol. The van der Waals surface area contributed by atoms with Crippen LogP contribution in [-0.4, -0.2) is 36.5 Å². The van der Waals surface area contributed by atoms with Crippen LogP contribution in [-0.2, 0) is 11.3 Å². The third-order valence-electron chi connectivity index (χ3n) is 3.01. The molecule has 88 valence electrons. The van der Waals surface area contributed by atoms with Crippen LogP contribution >= 0.6 is 0 Å². The minimum atomic E-state index is 0.439. The fraction of sp³-hybridized carbons (Fsp3) is 0.636. The summed E-state index contributed by atoms with van der Waals surface area (Å²) in [5, 5.41) is 8.24. The number of nitrogens with two attached hydrogens (primary N) is 1. The number of ether oxygens (including phenoxy) is 1. The van der Waals surface area contributed by atoms with E-state index in [1.807, 2.05) is 12.1 Å². The Hall–Kier alpha value is -1.20. The maximum absolute atomic E-state index is 5.49. The van der Waals surface area contributed by atoms with Crippen molar-refractivity contribution in [3.05, 3.63) is 17.8 Å². The van der Waals surface area contributed by atoms with Gasteiger partial charge >= 0.3 is 0 Å². The molecule has 0 aliphatic carbocycles. The monoisotopic (exact) mass is 222 g/mol. The zero-order valence-electron chi connectivity index (χ0n) is 9.59. The summed E-state index contributed by atoms with van der Waals surface area (Å²) in [6, 6.07) is 4.41. The van der Waals surface area contributed by atoms with Crippen LogP contribution in [0.3, 0.4) is 0 Å². The summed E-state index contributed by atoms with van der Waals surface area (Å²) in [4.78, 5) is 2.18. The summed E-state index contributed by atoms with van der Waals surface area (Å²) in [6.07, 6.45) is 2.10. The minimum absolute atomic E-state index is 0.439. The number of hydrogen-bond donors (Lipinski definition) is 1. The lowest BCUT2D eigenvalue weighted by molar-refractivity contribution is 0.0853. The van der Waals surface area contributed by atoms with E-state index in [2.05, 4.69) is 22.1 Å². The molecule has 2 heterocycles. The highest BCUT2D eigenvalue weighted by molar-refractivity contribution is 5.37. The first kappa shape index (κ1) is 11.3. The topological polar surface area (TPSA) is 64.3 Å². The minimum Gasteiger partial charge on any atom is -0.381 e. The van der Waals surface area contributed by atoms with Gasteiger partial charge in [-0.3, -0.25) is 0 Å². The molecule has 16 heavy (non-hydrogen) atoms. The van der Waals surface area contributed by atoms with Crippen molar-refractivity contribution in [2.24, 2.45) is 5.73 Å². The fourth-order valence-corrected chi connectivity index (χ4v) is 1.91. The SMILES string of the molecule is CN(c1ccc(CN)nn1)C1CCOCC1. The highest BCUT2D eigenvalue weighted by Crippen LogP contribution is 2.18. The maximum Gasteiger partial charge on any atom is 0.151 e. The van der Waals surface area contributed by atoms with E-state index in [1.54, 1.807) is 0 Å². The number of anilines is 1. The highest BCUT2D eigenvalue weighted by Gasteiger charge is 2.19. The molecule has 0 bridgehead atoms. The Kier molecular flexibility index (Phi) is 3.69. The number of hydrogen-bond acceptors (Lipinski definition) is 5. The Morgan fingerprint density at radius 2 is 2.12 bits per heavy atom. The molecule has 0 saturated carbocycles. The van der Waals surface area contributed by atoms with Crippen LogP contribution in [0.5, 0.6) is 0 Å². The second-order valence-corrected chi connectivity index (χ2v) is 4.04. The quantitative estimate of drug-likeness (QED) is 0.809. The van der Waals surface area contributed by atoms with E-state index < -0.39 is 0 Å². The molecule has 1 aliphatic rings. The average Bonchev–Trinajstić information content (AvgIpc) is 2.39. The van der Waals surface area contributed by atoms with Gasteiger partial charge in [0.05, 0.1) is 5.69 Å². The third-order valence-corrected chi connectivity index (χ3v) is 3.01. The lowest BCUT2D eigenvalue weighted by atomic mass is 10.1. The highest BCUT2D eigenvalue weighted by atomic mass is 16.5. The predicted octanol–water partition coefficient (Wildman–Crippen LogP) is 0.550. The smallest absolute Gasteiger partial charge is 0.151 e. The first-order valence-corrected chi connectivity index (χ1v) is 5.64. The molecule has 0 aromatic carbocycles. The van der Waals surface area contributed by atoms with Crippen LogP contribution in [0, 0.1) is 0 Å². The van der Waals surface area contributed by atoms with Crippen LogP contribution in [0.15, 0.2) is 12.1 Å².